The van der Waals surface area contributed by atoms with Crippen LogP contribution in [0, 0.1) is 11.8 Å². The third-order valence-electron chi connectivity index (χ3n) is 2.99. The van der Waals surface area contributed by atoms with Gasteiger partial charge in [0.05, 0.1) is 9.75 Å². The molecule has 0 aliphatic rings. The van der Waals surface area contributed by atoms with Crippen molar-refractivity contribution in [3.05, 3.63) is 21.9 Å². The summed E-state index contributed by atoms with van der Waals surface area (Å²) in [4.78, 5) is 16.0. The number of aliphatic hydroxyl groups excluding tert-OH is 1. The molecule has 0 aromatic carbocycles. The van der Waals surface area contributed by atoms with Crippen LogP contribution in [0.25, 0.3) is 0 Å². The quantitative estimate of drug-likeness (QED) is 0.646. The standard InChI is InChI=1S/C16H23NO2S/c1-4-5-6-11-17(13(2)3)16(19)15-10-9-14(20-15)8-7-12-18/h9-10,13,18H,4-6,11-12H2,1-3H3. The van der Waals surface area contributed by atoms with E-state index >= 15 is 0 Å². The molecule has 20 heavy (non-hydrogen) atoms. The molecule has 1 N–H and O–H groups in total. The molecule has 1 amide bonds. The molecule has 0 unspecified atom stereocenters. The van der Waals surface area contributed by atoms with Gasteiger partial charge >= 0.3 is 0 Å². The van der Waals surface area contributed by atoms with E-state index in [4.69, 9.17) is 5.11 Å². The zero-order valence-electron chi connectivity index (χ0n) is 12.5. The fourth-order valence-electron chi connectivity index (χ4n) is 1.91. The van der Waals surface area contributed by atoms with Crippen molar-refractivity contribution < 1.29 is 9.90 Å². The molecule has 1 aromatic rings. The molecule has 110 valence electrons. The van der Waals surface area contributed by atoms with Gasteiger partial charge in [-0.3, -0.25) is 4.79 Å². The lowest BCUT2D eigenvalue weighted by Crippen LogP contribution is -2.37. The molecule has 0 saturated carbocycles. The fraction of sp³-hybridized carbons (Fsp3) is 0.562. The molecule has 0 bridgehead atoms. The van der Waals surface area contributed by atoms with E-state index in [1.807, 2.05) is 30.9 Å². The Hall–Kier alpha value is -1.31. The SMILES string of the molecule is CCCCCN(C(=O)c1ccc(C#CCO)s1)C(C)C. The fourth-order valence-corrected chi connectivity index (χ4v) is 2.75. The molecular weight excluding hydrogens is 270 g/mol. The molecule has 0 aliphatic heterocycles. The summed E-state index contributed by atoms with van der Waals surface area (Å²) >= 11 is 1.39. The molecule has 0 fully saturated rings. The highest BCUT2D eigenvalue weighted by atomic mass is 32.1. The van der Waals surface area contributed by atoms with Crippen molar-refractivity contribution in [2.75, 3.05) is 13.2 Å². The van der Waals surface area contributed by atoms with Gasteiger partial charge in [-0.05, 0) is 32.4 Å². The molecule has 1 heterocycles. The second kappa shape index (κ2) is 8.78. The van der Waals surface area contributed by atoms with E-state index in [-0.39, 0.29) is 18.6 Å². The molecule has 0 radical (unpaired) electrons. The third-order valence-corrected chi connectivity index (χ3v) is 3.98. The molecule has 0 aliphatic carbocycles. The predicted molar refractivity (Wildman–Crippen MR) is 84.0 cm³/mol. The van der Waals surface area contributed by atoms with Crippen molar-refractivity contribution in [1.29, 1.82) is 0 Å². The molecule has 1 aromatic heterocycles. The number of aliphatic hydroxyl groups is 1. The maximum atomic E-state index is 12.5. The molecule has 0 saturated heterocycles. The summed E-state index contributed by atoms with van der Waals surface area (Å²) in [5.41, 5.74) is 0. The van der Waals surface area contributed by atoms with Gasteiger partial charge in [-0.25, -0.2) is 0 Å². The number of unbranched alkanes of at least 4 members (excludes halogenated alkanes) is 2. The Balaban J connectivity index is 2.76. The first-order chi connectivity index (χ1) is 9.60. The third kappa shape index (κ3) is 4.99. The summed E-state index contributed by atoms with van der Waals surface area (Å²) < 4.78 is 0. The highest BCUT2D eigenvalue weighted by molar-refractivity contribution is 7.14. The van der Waals surface area contributed by atoms with E-state index in [2.05, 4.69) is 18.8 Å². The van der Waals surface area contributed by atoms with Crippen LogP contribution in [0.4, 0.5) is 0 Å². The van der Waals surface area contributed by atoms with Crippen LogP contribution < -0.4 is 0 Å². The zero-order valence-corrected chi connectivity index (χ0v) is 13.3. The van der Waals surface area contributed by atoms with Crippen molar-refractivity contribution >= 4 is 17.2 Å². The lowest BCUT2D eigenvalue weighted by atomic mass is 10.2. The Bertz CT molecular complexity index is 482. The summed E-state index contributed by atoms with van der Waals surface area (Å²) in [5.74, 6) is 5.52. The van der Waals surface area contributed by atoms with Crippen LogP contribution in [0.15, 0.2) is 12.1 Å². The highest BCUT2D eigenvalue weighted by Crippen LogP contribution is 2.19. The number of nitrogens with zero attached hydrogens (tertiary/aromatic N) is 1. The van der Waals surface area contributed by atoms with Crippen molar-refractivity contribution in [2.24, 2.45) is 0 Å². The number of hydrogen-bond donors (Lipinski definition) is 1. The van der Waals surface area contributed by atoms with Crippen LogP contribution >= 0.6 is 11.3 Å². The van der Waals surface area contributed by atoms with Gasteiger partial charge in [0.15, 0.2) is 0 Å². The lowest BCUT2D eigenvalue weighted by Gasteiger charge is -2.26. The second-order valence-corrected chi connectivity index (χ2v) is 6.01. The van der Waals surface area contributed by atoms with Gasteiger partial charge in [-0.15, -0.1) is 11.3 Å². The molecule has 4 heteroatoms. The van der Waals surface area contributed by atoms with Gasteiger partial charge < -0.3 is 10.0 Å². The normalized spacial score (nSPS) is 10.2. The topological polar surface area (TPSA) is 40.5 Å². The number of rotatable bonds is 6. The monoisotopic (exact) mass is 293 g/mol. The Morgan fingerprint density at radius 2 is 2.15 bits per heavy atom. The summed E-state index contributed by atoms with van der Waals surface area (Å²) in [6, 6.07) is 3.86. The van der Waals surface area contributed by atoms with Gasteiger partial charge in [0, 0.05) is 12.6 Å². The highest BCUT2D eigenvalue weighted by Gasteiger charge is 2.19. The van der Waals surface area contributed by atoms with Gasteiger partial charge in [-0.2, -0.15) is 0 Å². The molecule has 1 rings (SSSR count). The maximum absolute atomic E-state index is 12.5. The van der Waals surface area contributed by atoms with E-state index < -0.39 is 0 Å². The first-order valence-electron chi connectivity index (χ1n) is 7.10. The average Bonchev–Trinajstić information content (AvgIpc) is 2.89. The van der Waals surface area contributed by atoms with E-state index in [1.165, 1.54) is 11.3 Å². The summed E-state index contributed by atoms with van der Waals surface area (Å²) in [6.45, 7) is 6.90. The Kier molecular flexibility index (Phi) is 7.35. The van der Waals surface area contributed by atoms with Gasteiger partial charge in [0.2, 0.25) is 0 Å². The number of hydrogen-bond acceptors (Lipinski definition) is 3. The van der Waals surface area contributed by atoms with Crippen LogP contribution in [0.1, 0.15) is 54.6 Å². The minimum absolute atomic E-state index is 0.0816. The van der Waals surface area contributed by atoms with Crippen LogP contribution in [0.5, 0.6) is 0 Å². The second-order valence-electron chi connectivity index (χ2n) is 4.92. The largest absolute Gasteiger partial charge is 0.384 e. The van der Waals surface area contributed by atoms with Crippen molar-refractivity contribution in [3.63, 3.8) is 0 Å². The number of thiophene rings is 1. The van der Waals surface area contributed by atoms with Crippen LogP contribution in [-0.2, 0) is 0 Å². The zero-order chi connectivity index (χ0) is 15.0. The van der Waals surface area contributed by atoms with Crippen LogP contribution in [-0.4, -0.2) is 35.1 Å². The van der Waals surface area contributed by atoms with Crippen molar-refractivity contribution in [2.45, 2.75) is 46.1 Å². The Morgan fingerprint density at radius 3 is 2.75 bits per heavy atom. The van der Waals surface area contributed by atoms with Gasteiger partial charge in [-0.1, -0.05) is 31.6 Å². The summed E-state index contributed by atoms with van der Waals surface area (Å²) in [6.07, 6.45) is 3.34. The average molecular weight is 293 g/mol. The number of carbonyl (C=O) groups is 1. The van der Waals surface area contributed by atoms with E-state index in [0.29, 0.717) is 0 Å². The first-order valence-corrected chi connectivity index (χ1v) is 7.92. The number of amides is 1. The molecule has 0 spiro atoms. The van der Waals surface area contributed by atoms with Crippen molar-refractivity contribution in [1.82, 2.24) is 4.90 Å². The van der Waals surface area contributed by atoms with Crippen LogP contribution in [0.2, 0.25) is 0 Å². The maximum Gasteiger partial charge on any atom is 0.264 e. The first kappa shape index (κ1) is 16.7. The van der Waals surface area contributed by atoms with E-state index in [9.17, 15) is 4.79 Å². The predicted octanol–water partition coefficient (Wildman–Crippen LogP) is 3.13. The summed E-state index contributed by atoms with van der Waals surface area (Å²) in [7, 11) is 0. The lowest BCUT2D eigenvalue weighted by molar-refractivity contribution is 0.0707. The molecule has 3 nitrogen and oxygen atoms in total. The minimum Gasteiger partial charge on any atom is -0.384 e. The van der Waals surface area contributed by atoms with Gasteiger partial charge in [0.1, 0.15) is 6.61 Å². The molecule has 0 atom stereocenters. The van der Waals surface area contributed by atoms with Crippen LogP contribution in [0.3, 0.4) is 0 Å². The van der Waals surface area contributed by atoms with E-state index in [1.54, 1.807) is 0 Å². The minimum atomic E-state index is -0.156. The smallest absolute Gasteiger partial charge is 0.264 e. The van der Waals surface area contributed by atoms with Gasteiger partial charge in [0.25, 0.3) is 5.91 Å². The summed E-state index contributed by atoms with van der Waals surface area (Å²) in [5, 5.41) is 8.68. The Labute approximate surface area is 125 Å². The van der Waals surface area contributed by atoms with E-state index in [0.717, 1.165) is 35.6 Å². The van der Waals surface area contributed by atoms with Crippen molar-refractivity contribution in [3.8, 4) is 11.8 Å². The number of carbonyl (C=O) groups excluding carboxylic acids is 1. The molecular formula is C16H23NO2S. The Morgan fingerprint density at radius 1 is 1.40 bits per heavy atom.